The topological polar surface area (TPSA) is 107 Å². The van der Waals surface area contributed by atoms with Crippen LogP contribution in [0.5, 0.6) is 0 Å². The lowest BCUT2D eigenvalue weighted by Gasteiger charge is -2.64. The van der Waals surface area contributed by atoms with Crippen molar-refractivity contribution in [1.29, 1.82) is 0 Å². The normalized spacial score (nSPS) is 47.6. The molecule has 4 aliphatic rings. The summed E-state index contributed by atoms with van der Waals surface area (Å²) in [6.07, 6.45) is 7.68. The maximum Gasteiger partial charge on any atom is 0.322 e. The number of carboxylic acids is 1. The van der Waals surface area contributed by atoms with Gasteiger partial charge in [0.1, 0.15) is 6.54 Å². The predicted molar refractivity (Wildman–Crippen MR) is 131 cm³/mol. The van der Waals surface area contributed by atoms with Crippen molar-refractivity contribution in [1.82, 2.24) is 5.32 Å². The van der Waals surface area contributed by atoms with Crippen molar-refractivity contribution < 1.29 is 24.9 Å². The number of hydrogen-bond donors (Lipinski definition) is 4. The lowest BCUT2D eigenvalue weighted by molar-refractivity contribution is -0.199. The number of rotatable bonds is 6. The molecule has 194 valence electrons. The number of carboxylic acid groups (broad SMARTS) is 1. The van der Waals surface area contributed by atoms with Crippen molar-refractivity contribution in [3.05, 3.63) is 0 Å². The Morgan fingerprint density at radius 2 is 1.62 bits per heavy atom. The quantitative estimate of drug-likeness (QED) is 0.461. The molecule has 4 saturated carbocycles. The third-order valence-electron chi connectivity index (χ3n) is 11.5. The minimum Gasteiger partial charge on any atom is -0.480 e. The molecule has 4 N–H and O–H groups in total. The third-order valence-corrected chi connectivity index (χ3v) is 11.5. The van der Waals surface area contributed by atoms with Crippen LogP contribution in [0.25, 0.3) is 0 Å². The highest BCUT2D eigenvalue weighted by Crippen LogP contribution is 2.69. The van der Waals surface area contributed by atoms with Gasteiger partial charge in [-0.15, -0.1) is 0 Å². The Hall–Kier alpha value is -1.14. The van der Waals surface area contributed by atoms with Crippen LogP contribution in [-0.4, -0.2) is 45.9 Å². The number of hydrogen-bond acceptors (Lipinski definition) is 4. The summed E-state index contributed by atoms with van der Waals surface area (Å²) in [4.78, 5) is 23.2. The van der Waals surface area contributed by atoms with Crippen LogP contribution >= 0.6 is 0 Å². The molecule has 4 unspecified atom stereocenters. The first-order valence-corrected chi connectivity index (χ1v) is 13.8. The second-order valence-corrected chi connectivity index (χ2v) is 13.1. The van der Waals surface area contributed by atoms with Crippen LogP contribution in [0, 0.1) is 58.2 Å². The fraction of sp³-hybridized carbons (Fsp3) is 0.929. The molecular formula is C28H47NO5. The second-order valence-electron chi connectivity index (χ2n) is 13.1. The van der Waals surface area contributed by atoms with Crippen molar-refractivity contribution in [2.75, 3.05) is 6.54 Å². The largest absolute Gasteiger partial charge is 0.480 e. The van der Waals surface area contributed by atoms with Gasteiger partial charge >= 0.3 is 5.97 Å². The molecule has 0 aromatic rings. The highest BCUT2D eigenvalue weighted by atomic mass is 16.4. The van der Waals surface area contributed by atoms with Crippen molar-refractivity contribution in [2.24, 2.45) is 58.2 Å². The predicted octanol–water partition coefficient (Wildman–Crippen LogP) is 4.09. The van der Waals surface area contributed by atoms with Crippen LogP contribution < -0.4 is 5.32 Å². The van der Waals surface area contributed by atoms with Crippen molar-refractivity contribution in [3.63, 3.8) is 0 Å². The summed E-state index contributed by atoms with van der Waals surface area (Å²) >= 11 is 0. The third kappa shape index (κ3) is 4.21. The van der Waals surface area contributed by atoms with E-state index >= 15 is 0 Å². The molecule has 4 fully saturated rings. The highest BCUT2D eigenvalue weighted by Gasteiger charge is 2.64. The van der Waals surface area contributed by atoms with Gasteiger partial charge in [-0.2, -0.15) is 0 Å². The van der Waals surface area contributed by atoms with Gasteiger partial charge < -0.3 is 20.6 Å². The van der Waals surface area contributed by atoms with E-state index in [1.54, 1.807) is 0 Å². The summed E-state index contributed by atoms with van der Waals surface area (Å²) in [7, 11) is 0. The van der Waals surface area contributed by atoms with Crippen LogP contribution in [0.15, 0.2) is 0 Å². The molecule has 0 heterocycles. The highest BCUT2D eigenvalue weighted by molar-refractivity contribution is 5.82. The van der Waals surface area contributed by atoms with E-state index < -0.39 is 5.97 Å². The number of amides is 1. The number of nitrogens with one attached hydrogen (secondary N) is 1. The first-order chi connectivity index (χ1) is 15.9. The second kappa shape index (κ2) is 9.38. The Kier molecular flexibility index (Phi) is 7.16. The van der Waals surface area contributed by atoms with E-state index in [0.29, 0.717) is 35.5 Å². The Labute approximate surface area is 205 Å². The van der Waals surface area contributed by atoms with E-state index in [0.717, 1.165) is 44.9 Å². The monoisotopic (exact) mass is 477 g/mol. The Morgan fingerprint density at radius 1 is 0.971 bits per heavy atom. The summed E-state index contributed by atoms with van der Waals surface area (Å²) < 4.78 is 0. The number of carbonyl (C=O) groups excluding carboxylic acids is 1. The molecule has 0 saturated heterocycles. The molecule has 0 radical (unpaired) electrons. The molecule has 6 heteroatoms. The summed E-state index contributed by atoms with van der Waals surface area (Å²) in [5, 5.41) is 33.4. The molecule has 0 aromatic carbocycles. The van der Waals surface area contributed by atoms with Crippen LogP contribution in [0.3, 0.4) is 0 Å². The maximum absolute atomic E-state index is 12.4. The summed E-state index contributed by atoms with van der Waals surface area (Å²) in [6.45, 7) is 11.0. The lowest BCUT2D eigenvalue weighted by atomic mass is 9.42. The zero-order chi connectivity index (χ0) is 25.0. The van der Waals surface area contributed by atoms with E-state index in [1.807, 2.05) is 6.92 Å². The van der Waals surface area contributed by atoms with Gasteiger partial charge in [-0.3, -0.25) is 9.59 Å². The molecule has 0 bridgehead atoms. The lowest BCUT2D eigenvalue weighted by Crippen LogP contribution is -2.61. The first-order valence-electron chi connectivity index (χ1n) is 13.8. The summed E-state index contributed by atoms with van der Waals surface area (Å²) in [5.74, 6) is 1.50. The van der Waals surface area contributed by atoms with E-state index in [-0.39, 0.29) is 47.3 Å². The van der Waals surface area contributed by atoms with Gasteiger partial charge in [0.25, 0.3) is 0 Å². The molecule has 0 spiro atoms. The number of aliphatic hydroxyl groups excluding tert-OH is 2. The molecule has 4 aliphatic carbocycles. The average Bonchev–Trinajstić information content (AvgIpc) is 3.13. The standard InChI is InChI=1S/C28H47NO5/c1-15(12-16(2)26(34)29-14-23(31)32)19-6-7-20-24-21(9-11-27(19,20)4)28(5)10-8-18(30)13-22(28)17(3)25(24)33/h15-22,24-25,30,33H,6-14H2,1-5H3,(H,29,34)(H,31,32)/t15-,16+,17-,18-,19-,20?,21?,22?,24?,25-,27-,28-/m1/s1. The van der Waals surface area contributed by atoms with Gasteiger partial charge in [-0.1, -0.05) is 34.6 Å². The smallest absolute Gasteiger partial charge is 0.322 e. The van der Waals surface area contributed by atoms with E-state index in [9.17, 15) is 19.8 Å². The Morgan fingerprint density at radius 3 is 2.29 bits per heavy atom. The summed E-state index contributed by atoms with van der Waals surface area (Å²) in [5.41, 5.74) is 0.389. The van der Waals surface area contributed by atoms with Gasteiger partial charge in [0.05, 0.1) is 12.2 Å². The van der Waals surface area contributed by atoms with Crippen molar-refractivity contribution >= 4 is 11.9 Å². The zero-order valence-corrected chi connectivity index (χ0v) is 21.8. The molecule has 4 rings (SSSR count). The number of carbonyl (C=O) groups is 2. The van der Waals surface area contributed by atoms with Crippen LogP contribution in [0.4, 0.5) is 0 Å². The fourth-order valence-electron chi connectivity index (χ4n) is 9.79. The van der Waals surface area contributed by atoms with Gasteiger partial charge in [-0.05, 0) is 104 Å². The van der Waals surface area contributed by atoms with Gasteiger partial charge in [-0.25, -0.2) is 0 Å². The average molecular weight is 478 g/mol. The van der Waals surface area contributed by atoms with E-state index in [2.05, 4.69) is 33.0 Å². The number of fused-ring (bicyclic) bond motifs is 5. The van der Waals surface area contributed by atoms with E-state index in [4.69, 9.17) is 5.11 Å². The van der Waals surface area contributed by atoms with Crippen LogP contribution in [-0.2, 0) is 9.59 Å². The Bertz CT molecular complexity index is 787. The fourth-order valence-corrected chi connectivity index (χ4v) is 9.79. The maximum atomic E-state index is 12.4. The zero-order valence-electron chi connectivity index (χ0n) is 21.8. The molecular weight excluding hydrogens is 430 g/mol. The molecule has 34 heavy (non-hydrogen) atoms. The van der Waals surface area contributed by atoms with Gasteiger partial charge in [0, 0.05) is 5.92 Å². The van der Waals surface area contributed by atoms with Crippen molar-refractivity contribution in [2.45, 2.75) is 98.2 Å². The molecule has 0 aliphatic heterocycles. The molecule has 12 atom stereocenters. The van der Waals surface area contributed by atoms with E-state index in [1.165, 1.54) is 6.42 Å². The molecule has 0 aromatic heterocycles. The van der Waals surface area contributed by atoms with Crippen LogP contribution in [0.2, 0.25) is 0 Å². The minimum absolute atomic E-state index is 0.173. The first kappa shape index (κ1) is 25.9. The molecule has 1 amide bonds. The number of aliphatic carboxylic acids is 1. The van der Waals surface area contributed by atoms with Gasteiger partial charge in [0.2, 0.25) is 5.91 Å². The number of aliphatic hydroxyl groups is 2. The molecule has 6 nitrogen and oxygen atoms in total. The SMILES string of the molecule is C[C@H](C[C@H](C)C(=O)NCC(=O)O)[C@H]1CCC2C3C(CC[C@@]21C)[C@@]1(C)CC[C@@H](O)CC1[C@@H](C)[C@H]3O. The summed E-state index contributed by atoms with van der Waals surface area (Å²) in [6, 6.07) is 0. The Balaban J connectivity index is 1.49. The van der Waals surface area contributed by atoms with Gasteiger partial charge in [0.15, 0.2) is 0 Å². The van der Waals surface area contributed by atoms with Crippen LogP contribution in [0.1, 0.15) is 86.0 Å². The van der Waals surface area contributed by atoms with Crippen molar-refractivity contribution in [3.8, 4) is 0 Å². The minimum atomic E-state index is -1.01.